The monoisotopic (exact) mass is 554 g/mol. The molecule has 2 N–H and O–H groups in total. The Morgan fingerprint density at radius 2 is 1.83 bits per heavy atom. The SMILES string of the molecule is Cc1ccc(COc2cccc(-c3ccc(Cc4nc5ccc(C(=O)O)cc5n4C[C@H]4CCN4)c(F)c3)n2)c(F)c1. The van der Waals surface area contributed by atoms with Crippen LogP contribution in [0.15, 0.2) is 72.8 Å². The summed E-state index contributed by atoms with van der Waals surface area (Å²) in [7, 11) is 0. The number of carboxylic acid groups (broad SMARTS) is 1. The topological polar surface area (TPSA) is 89.3 Å². The minimum absolute atomic E-state index is 0.0290. The molecular formula is C32H28F2N4O3. The van der Waals surface area contributed by atoms with Gasteiger partial charge in [0.2, 0.25) is 5.88 Å². The van der Waals surface area contributed by atoms with E-state index >= 15 is 4.39 Å². The summed E-state index contributed by atoms with van der Waals surface area (Å²) >= 11 is 0. The molecule has 6 rings (SSSR count). The van der Waals surface area contributed by atoms with Crippen molar-refractivity contribution in [1.82, 2.24) is 19.9 Å². The Kier molecular flexibility index (Phi) is 7.19. The lowest BCUT2D eigenvalue weighted by Crippen LogP contribution is -2.45. The summed E-state index contributed by atoms with van der Waals surface area (Å²) in [6, 6.07) is 20.2. The normalized spacial score (nSPS) is 14.7. The molecule has 1 aliphatic heterocycles. The van der Waals surface area contributed by atoms with Gasteiger partial charge in [-0.25, -0.2) is 23.5 Å². The second kappa shape index (κ2) is 11.1. The number of carbonyl (C=O) groups is 1. The average Bonchev–Trinajstić information content (AvgIpc) is 3.27. The van der Waals surface area contributed by atoms with E-state index in [4.69, 9.17) is 9.72 Å². The van der Waals surface area contributed by atoms with Crippen LogP contribution in [-0.2, 0) is 19.6 Å². The maximum absolute atomic E-state index is 15.4. The number of aromatic carboxylic acids is 1. The predicted octanol–water partition coefficient (Wildman–Crippen LogP) is 5.91. The summed E-state index contributed by atoms with van der Waals surface area (Å²) in [5.74, 6) is -0.761. The number of imidazole rings is 1. The second-order valence-electron chi connectivity index (χ2n) is 10.3. The van der Waals surface area contributed by atoms with Crippen molar-refractivity contribution in [3.63, 3.8) is 0 Å². The van der Waals surface area contributed by atoms with Crippen molar-refractivity contribution in [2.75, 3.05) is 6.54 Å². The standard InChI is InChI=1S/C32H28F2N4O3/c1-19-5-6-23(25(33)13-19)18-41-31-4-2-3-27(37-31)21-8-7-20(26(34)14-21)16-30-36-28-10-9-22(32(39)40)15-29(28)38(30)17-24-11-12-35-24/h2-10,13-15,24,35H,11-12,16-18H2,1H3,(H,39,40)/t24-/m1/s1. The molecule has 41 heavy (non-hydrogen) atoms. The Hall–Kier alpha value is -4.63. The molecule has 1 atom stereocenters. The van der Waals surface area contributed by atoms with Gasteiger partial charge in [0.05, 0.1) is 22.3 Å². The number of pyridine rings is 1. The van der Waals surface area contributed by atoms with Gasteiger partial charge in [-0.2, -0.15) is 0 Å². The van der Waals surface area contributed by atoms with Gasteiger partial charge in [-0.1, -0.05) is 30.3 Å². The molecule has 0 aliphatic carbocycles. The van der Waals surface area contributed by atoms with E-state index in [1.54, 1.807) is 48.5 Å². The molecule has 1 fully saturated rings. The number of hydrogen-bond donors (Lipinski definition) is 2. The third kappa shape index (κ3) is 5.67. The predicted molar refractivity (Wildman–Crippen MR) is 151 cm³/mol. The number of nitrogens with zero attached hydrogens (tertiary/aromatic N) is 3. The number of aromatic nitrogens is 3. The summed E-state index contributed by atoms with van der Waals surface area (Å²) in [5, 5.41) is 12.8. The average molecular weight is 555 g/mol. The number of benzene rings is 3. The van der Waals surface area contributed by atoms with Gasteiger partial charge in [0.25, 0.3) is 0 Å². The van der Waals surface area contributed by atoms with Gasteiger partial charge in [0, 0.05) is 36.2 Å². The molecule has 2 aromatic heterocycles. The molecule has 0 radical (unpaired) electrons. The van der Waals surface area contributed by atoms with Gasteiger partial charge in [-0.05, 0) is 67.4 Å². The molecule has 0 spiro atoms. The highest BCUT2D eigenvalue weighted by Gasteiger charge is 2.22. The molecule has 1 aliphatic rings. The van der Waals surface area contributed by atoms with E-state index in [1.165, 1.54) is 18.2 Å². The highest BCUT2D eigenvalue weighted by molar-refractivity contribution is 5.92. The Morgan fingerprint density at radius 1 is 1.02 bits per heavy atom. The van der Waals surface area contributed by atoms with Crippen LogP contribution in [0.25, 0.3) is 22.3 Å². The molecule has 0 bridgehead atoms. The Bertz CT molecular complexity index is 1760. The third-order valence-corrected chi connectivity index (χ3v) is 7.41. The van der Waals surface area contributed by atoms with E-state index in [0.717, 1.165) is 24.0 Å². The van der Waals surface area contributed by atoms with Gasteiger partial charge in [0.1, 0.15) is 24.1 Å². The Labute approximate surface area is 235 Å². The fraction of sp³-hybridized carbons (Fsp3) is 0.219. The molecule has 0 saturated carbocycles. The van der Waals surface area contributed by atoms with Gasteiger partial charge in [-0.3, -0.25) is 0 Å². The third-order valence-electron chi connectivity index (χ3n) is 7.41. The number of ether oxygens (including phenoxy) is 1. The summed E-state index contributed by atoms with van der Waals surface area (Å²) < 4.78 is 37.3. The summed E-state index contributed by atoms with van der Waals surface area (Å²) in [6.07, 6.45) is 1.26. The van der Waals surface area contributed by atoms with Crippen LogP contribution in [-0.4, -0.2) is 38.2 Å². The van der Waals surface area contributed by atoms with E-state index in [1.807, 2.05) is 17.6 Å². The Balaban J connectivity index is 1.24. The summed E-state index contributed by atoms with van der Waals surface area (Å²) in [4.78, 5) is 20.8. The number of aryl methyl sites for hydroxylation is 1. The van der Waals surface area contributed by atoms with Gasteiger partial charge >= 0.3 is 5.97 Å². The molecule has 3 heterocycles. The number of fused-ring (bicyclic) bond motifs is 1. The first-order valence-corrected chi connectivity index (χ1v) is 13.4. The van der Waals surface area contributed by atoms with Crippen LogP contribution in [0.3, 0.4) is 0 Å². The van der Waals surface area contributed by atoms with E-state index in [-0.39, 0.29) is 30.5 Å². The first-order chi connectivity index (χ1) is 19.8. The minimum Gasteiger partial charge on any atom is -0.478 e. The van der Waals surface area contributed by atoms with Crippen molar-refractivity contribution < 1.29 is 23.4 Å². The molecule has 208 valence electrons. The van der Waals surface area contributed by atoms with Gasteiger partial charge < -0.3 is 19.7 Å². The lowest BCUT2D eigenvalue weighted by molar-refractivity contribution is 0.0697. The number of halogens is 2. The first-order valence-electron chi connectivity index (χ1n) is 13.4. The number of carboxylic acids is 1. The maximum atomic E-state index is 15.4. The van der Waals surface area contributed by atoms with Crippen LogP contribution in [0.2, 0.25) is 0 Å². The molecule has 0 unspecified atom stereocenters. The van der Waals surface area contributed by atoms with Crippen LogP contribution < -0.4 is 10.1 Å². The zero-order chi connectivity index (χ0) is 28.5. The lowest BCUT2D eigenvalue weighted by Gasteiger charge is -2.28. The van der Waals surface area contributed by atoms with Crippen molar-refractivity contribution in [3.05, 3.63) is 113 Å². The quantitative estimate of drug-likeness (QED) is 0.235. The zero-order valence-electron chi connectivity index (χ0n) is 22.4. The number of nitrogens with one attached hydrogen (secondary N) is 1. The van der Waals surface area contributed by atoms with Crippen LogP contribution in [0, 0.1) is 18.6 Å². The second-order valence-corrected chi connectivity index (χ2v) is 10.3. The molecule has 1 saturated heterocycles. The van der Waals surface area contributed by atoms with Crippen LogP contribution in [0.5, 0.6) is 5.88 Å². The molecule has 3 aromatic carbocycles. The molecule has 0 amide bonds. The minimum atomic E-state index is -1.00. The van der Waals surface area contributed by atoms with Gasteiger partial charge in [0.15, 0.2) is 0 Å². The fourth-order valence-electron chi connectivity index (χ4n) is 4.97. The number of rotatable bonds is 9. The zero-order valence-corrected chi connectivity index (χ0v) is 22.4. The van der Waals surface area contributed by atoms with Crippen LogP contribution in [0.4, 0.5) is 8.78 Å². The van der Waals surface area contributed by atoms with Crippen LogP contribution in [0.1, 0.15) is 39.3 Å². The van der Waals surface area contributed by atoms with Crippen molar-refractivity contribution >= 4 is 17.0 Å². The maximum Gasteiger partial charge on any atom is 0.335 e. The van der Waals surface area contributed by atoms with E-state index < -0.39 is 11.8 Å². The van der Waals surface area contributed by atoms with Crippen molar-refractivity contribution in [1.29, 1.82) is 0 Å². The highest BCUT2D eigenvalue weighted by Crippen LogP contribution is 2.26. The van der Waals surface area contributed by atoms with E-state index in [0.29, 0.717) is 46.2 Å². The fourth-order valence-corrected chi connectivity index (χ4v) is 4.97. The largest absolute Gasteiger partial charge is 0.478 e. The van der Waals surface area contributed by atoms with Gasteiger partial charge in [-0.15, -0.1) is 0 Å². The smallest absolute Gasteiger partial charge is 0.335 e. The first kappa shape index (κ1) is 26.6. The van der Waals surface area contributed by atoms with Crippen molar-refractivity contribution in [2.45, 2.75) is 39.0 Å². The molecular weight excluding hydrogens is 526 g/mol. The summed E-state index contributed by atoms with van der Waals surface area (Å²) in [6.45, 7) is 3.41. The molecule has 7 nitrogen and oxygen atoms in total. The number of hydrogen-bond acceptors (Lipinski definition) is 5. The van der Waals surface area contributed by atoms with Crippen molar-refractivity contribution in [3.8, 4) is 17.1 Å². The summed E-state index contributed by atoms with van der Waals surface area (Å²) in [5.41, 5.74) is 4.41. The van der Waals surface area contributed by atoms with Crippen LogP contribution >= 0.6 is 0 Å². The van der Waals surface area contributed by atoms with E-state index in [9.17, 15) is 14.3 Å². The van der Waals surface area contributed by atoms with E-state index in [2.05, 4.69) is 10.3 Å². The van der Waals surface area contributed by atoms with Crippen molar-refractivity contribution in [2.24, 2.45) is 0 Å². The highest BCUT2D eigenvalue weighted by atomic mass is 19.1. The lowest BCUT2D eigenvalue weighted by atomic mass is 10.0. The Morgan fingerprint density at radius 3 is 2.56 bits per heavy atom. The molecule has 5 aromatic rings. The molecule has 9 heteroatoms.